The molecule has 0 unspecified atom stereocenters. The van der Waals surface area contributed by atoms with Gasteiger partial charge in [0, 0.05) is 12.2 Å². The number of carbonyl (C=O) groups is 1. The Morgan fingerprint density at radius 3 is 2.65 bits per heavy atom. The first-order valence-corrected chi connectivity index (χ1v) is 6.76. The third kappa shape index (κ3) is 3.08. The Bertz CT molecular complexity index is 590. The van der Waals surface area contributed by atoms with Gasteiger partial charge in [0.1, 0.15) is 12.0 Å². The Morgan fingerprint density at radius 1 is 1.30 bits per heavy atom. The molecule has 0 aliphatic rings. The largest absolute Gasteiger partial charge is 0.469 e. The van der Waals surface area contributed by atoms with Crippen LogP contribution in [0.5, 0.6) is 0 Å². The minimum atomic E-state index is -0.0513. The van der Waals surface area contributed by atoms with Gasteiger partial charge < -0.3 is 15.1 Å². The molecule has 0 radical (unpaired) electrons. The summed E-state index contributed by atoms with van der Waals surface area (Å²) in [5.41, 5.74) is 8.14. The second kappa shape index (κ2) is 6.39. The molecular weight excluding hydrogens is 252 g/mol. The highest BCUT2D eigenvalue weighted by atomic mass is 16.3. The summed E-state index contributed by atoms with van der Waals surface area (Å²) in [6, 6.07) is 9.61. The number of furan rings is 1. The van der Waals surface area contributed by atoms with E-state index in [4.69, 9.17) is 10.2 Å². The number of para-hydroxylation sites is 1. The zero-order valence-electron chi connectivity index (χ0n) is 11.9. The maximum atomic E-state index is 12.6. The van der Waals surface area contributed by atoms with Crippen LogP contribution in [0.25, 0.3) is 0 Å². The molecule has 4 heteroatoms. The van der Waals surface area contributed by atoms with E-state index in [1.54, 1.807) is 11.0 Å². The summed E-state index contributed by atoms with van der Waals surface area (Å²) in [4.78, 5) is 14.4. The SMILES string of the molecule is Cc1cc(C(=O)N(CCCN)c2ccccc2C)co1. The summed E-state index contributed by atoms with van der Waals surface area (Å²) in [5, 5.41) is 0. The summed E-state index contributed by atoms with van der Waals surface area (Å²) < 4.78 is 5.23. The summed E-state index contributed by atoms with van der Waals surface area (Å²) >= 11 is 0. The standard InChI is InChI=1S/C16H20N2O2/c1-12-6-3-4-7-15(12)18(9-5-8-17)16(19)14-10-13(2)20-11-14/h3-4,6-7,10-11H,5,8-9,17H2,1-2H3. The molecular formula is C16H20N2O2. The Kier molecular flexibility index (Phi) is 4.58. The second-order valence-corrected chi connectivity index (χ2v) is 4.83. The molecule has 0 saturated heterocycles. The lowest BCUT2D eigenvalue weighted by molar-refractivity contribution is 0.0986. The molecule has 1 heterocycles. The van der Waals surface area contributed by atoms with Crippen LogP contribution in [0.1, 0.15) is 28.1 Å². The molecule has 0 saturated carbocycles. The van der Waals surface area contributed by atoms with Crippen molar-refractivity contribution < 1.29 is 9.21 Å². The number of benzene rings is 1. The molecule has 0 fully saturated rings. The molecule has 4 nitrogen and oxygen atoms in total. The van der Waals surface area contributed by atoms with Crippen molar-refractivity contribution in [2.75, 3.05) is 18.0 Å². The van der Waals surface area contributed by atoms with E-state index in [0.29, 0.717) is 18.7 Å². The first kappa shape index (κ1) is 14.3. The van der Waals surface area contributed by atoms with E-state index in [0.717, 1.165) is 23.4 Å². The molecule has 106 valence electrons. The average Bonchev–Trinajstić information content (AvgIpc) is 2.87. The lowest BCUT2D eigenvalue weighted by Gasteiger charge is -2.23. The number of hydrogen-bond donors (Lipinski definition) is 1. The van der Waals surface area contributed by atoms with Crippen LogP contribution >= 0.6 is 0 Å². The lowest BCUT2D eigenvalue weighted by atomic mass is 10.1. The molecule has 0 aliphatic heterocycles. The molecule has 2 N–H and O–H groups in total. The fraction of sp³-hybridized carbons (Fsp3) is 0.312. The topological polar surface area (TPSA) is 59.5 Å². The third-order valence-corrected chi connectivity index (χ3v) is 3.21. The zero-order chi connectivity index (χ0) is 14.5. The van der Waals surface area contributed by atoms with Gasteiger partial charge in [-0.15, -0.1) is 0 Å². The van der Waals surface area contributed by atoms with Gasteiger partial charge in [-0.05, 0) is 44.5 Å². The Labute approximate surface area is 119 Å². The number of nitrogens with two attached hydrogens (primary N) is 1. The van der Waals surface area contributed by atoms with Gasteiger partial charge in [-0.1, -0.05) is 18.2 Å². The van der Waals surface area contributed by atoms with Gasteiger partial charge in [0.15, 0.2) is 0 Å². The Morgan fingerprint density at radius 2 is 2.05 bits per heavy atom. The van der Waals surface area contributed by atoms with Crippen molar-refractivity contribution in [2.24, 2.45) is 5.73 Å². The van der Waals surface area contributed by atoms with Crippen molar-refractivity contribution in [3.8, 4) is 0 Å². The highest BCUT2D eigenvalue weighted by Crippen LogP contribution is 2.22. The van der Waals surface area contributed by atoms with Crippen LogP contribution in [0, 0.1) is 13.8 Å². The highest BCUT2D eigenvalue weighted by molar-refractivity contribution is 6.06. The number of hydrogen-bond acceptors (Lipinski definition) is 3. The predicted molar refractivity (Wildman–Crippen MR) is 80.0 cm³/mol. The van der Waals surface area contributed by atoms with Crippen LogP contribution in [0.15, 0.2) is 41.0 Å². The van der Waals surface area contributed by atoms with Crippen molar-refractivity contribution in [3.63, 3.8) is 0 Å². The van der Waals surface area contributed by atoms with Crippen LogP contribution in [0.2, 0.25) is 0 Å². The highest BCUT2D eigenvalue weighted by Gasteiger charge is 2.20. The molecule has 1 amide bonds. The summed E-state index contributed by atoms with van der Waals surface area (Å²) in [6.07, 6.45) is 2.27. The number of nitrogens with zero attached hydrogens (tertiary/aromatic N) is 1. The van der Waals surface area contributed by atoms with Gasteiger partial charge >= 0.3 is 0 Å². The van der Waals surface area contributed by atoms with Crippen molar-refractivity contribution >= 4 is 11.6 Å². The minimum absolute atomic E-state index is 0.0513. The van der Waals surface area contributed by atoms with Gasteiger partial charge in [0.05, 0.1) is 5.56 Å². The third-order valence-electron chi connectivity index (χ3n) is 3.21. The van der Waals surface area contributed by atoms with E-state index in [1.807, 2.05) is 38.1 Å². The number of anilines is 1. The van der Waals surface area contributed by atoms with E-state index < -0.39 is 0 Å². The van der Waals surface area contributed by atoms with Crippen LogP contribution in [-0.4, -0.2) is 19.0 Å². The number of rotatable bonds is 5. The number of aryl methyl sites for hydroxylation is 2. The molecule has 2 aromatic rings. The summed E-state index contributed by atoms with van der Waals surface area (Å²) in [7, 11) is 0. The van der Waals surface area contributed by atoms with Crippen molar-refractivity contribution in [2.45, 2.75) is 20.3 Å². The minimum Gasteiger partial charge on any atom is -0.469 e. The second-order valence-electron chi connectivity index (χ2n) is 4.83. The average molecular weight is 272 g/mol. The van der Waals surface area contributed by atoms with E-state index in [9.17, 15) is 4.79 Å². The smallest absolute Gasteiger partial charge is 0.261 e. The van der Waals surface area contributed by atoms with Gasteiger partial charge in [-0.3, -0.25) is 4.79 Å². The predicted octanol–water partition coefficient (Wildman–Crippen LogP) is 2.89. The van der Waals surface area contributed by atoms with Crippen molar-refractivity contribution in [1.82, 2.24) is 0 Å². The van der Waals surface area contributed by atoms with Crippen LogP contribution < -0.4 is 10.6 Å². The van der Waals surface area contributed by atoms with E-state index in [2.05, 4.69) is 0 Å². The zero-order valence-corrected chi connectivity index (χ0v) is 11.9. The van der Waals surface area contributed by atoms with Crippen LogP contribution in [-0.2, 0) is 0 Å². The molecule has 0 aliphatic carbocycles. The molecule has 0 atom stereocenters. The number of amides is 1. The van der Waals surface area contributed by atoms with E-state index in [-0.39, 0.29) is 5.91 Å². The summed E-state index contributed by atoms with van der Waals surface area (Å²) in [6.45, 7) is 4.98. The van der Waals surface area contributed by atoms with Gasteiger partial charge in [-0.2, -0.15) is 0 Å². The van der Waals surface area contributed by atoms with Gasteiger partial charge in [0.2, 0.25) is 0 Å². The van der Waals surface area contributed by atoms with E-state index in [1.165, 1.54) is 6.26 Å². The quantitative estimate of drug-likeness (QED) is 0.910. The fourth-order valence-corrected chi connectivity index (χ4v) is 2.16. The molecule has 1 aromatic heterocycles. The van der Waals surface area contributed by atoms with Crippen molar-refractivity contribution in [3.05, 3.63) is 53.5 Å². The number of carbonyl (C=O) groups excluding carboxylic acids is 1. The maximum absolute atomic E-state index is 12.6. The van der Waals surface area contributed by atoms with Gasteiger partial charge in [0.25, 0.3) is 5.91 Å². The first-order valence-electron chi connectivity index (χ1n) is 6.76. The lowest BCUT2D eigenvalue weighted by Crippen LogP contribution is -2.33. The fourth-order valence-electron chi connectivity index (χ4n) is 2.16. The van der Waals surface area contributed by atoms with Gasteiger partial charge in [-0.25, -0.2) is 0 Å². The molecule has 0 bridgehead atoms. The first-order chi connectivity index (χ1) is 9.63. The van der Waals surface area contributed by atoms with Crippen molar-refractivity contribution in [1.29, 1.82) is 0 Å². The molecule has 20 heavy (non-hydrogen) atoms. The molecule has 1 aromatic carbocycles. The normalized spacial score (nSPS) is 10.6. The monoisotopic (exact) mass is 272 g/mol. The maximum Gasteiger partial charge on any atom is 0.261 e. The Hall–Kier alpha value is -2.07. The molecule has 0 spiro atoms. The van der Waals surface area contributed by atoms with Crippen LogP contribution in [0.3, 0.4) is 0 Å². The van der Waals surface area contributed by atoms with Crippen LogP contribution in [0.4, 0.5) is 5.69 Å². The molecule has 2 rings (SSSR count). The Balaban J connectivity index is 2.32. The summed E-state index contributed by atoms with van der Waals surface area (Å²) in [5.74, 6) is 0.682. The van der Waals surface area contributed by atoms with E-state index >= 15 is 0 Å².